The fourth-order valence-electron chi connectivity index (χ4n) is 13.5. The van der Waals surface area contributed by atoms with Gasteiger partial charge in [-0.1, -0.05) is 86.7 Å². The lowest BCUT2D eigenvalue weighted by atomic mass is 9.70. The van der Waals surface area contributed by atoms with Crippen molar-refractivity contribution in [2.24, 2.45) is 23.7 Å². The van der Waals surface area contributed by atoms with Crippen LogP contribution in [0.5, 0.6) is 0 Å². The Morgan fingerprint density at radius 3 is 1.53 bits per heavy atom. The topological polar surface area (TPSA) is 44.2 Å². The summed E-state index contributed by atoms with van der Waals surface area (Å²) in [6.07, 6.45) is 15.2. The summed E-state index contributed by atoms with van der Waals surface area (Å²) in [6, 6.07) is 37.1. The monoisotopic (exact) mass is 827 g/mol. The summed E-state index contributed by atoms with van der Waals surface area (Å²) in [5.74, 6) is 2.98. The second-order valence-electron chi connectivity index (χ2n) is 19.5. The number of nitrogens with zero attached hydrogens (tertiary/aromatic N) is 4. The molecule has 8 heterocycles. The maximum atomic E-state index is 6.92. The van der Waals surface area contributed by atoms with E-state index in [4.69, 9.17) is 19.4 Å². The molecule has 0 N–H and O–H groups in total. The summed E-state index contributed by atoms with van der Waals surface area (Å²) in [5, 5.41) is 5.10. The van der Waals surface area contributed by atoms with Crippen LogP contribution in [0.15, 0.2) is 135 Å². The fraction of sp³-hybridized carbons (Fsp3) is 0.429. The lowest BCUT2D eigenvalue weighted by Crippen LogP contribution is -2.68. The zero-order chi connectivity index (χ0) is 42.3. The molecule has 4 bridgehead atoms. The molecule has 12 rings (SSSR count). The van der Waals surface area contributed by atoms with E-state index >= 15 is 0 Å². The van der Waals surface area contributed by atoms with Gasteiger partial charge in [-0.3, -0.25) is 9.97 Å². The Morgan fingerprint density at radius 1 is 0.613 bits per heavy atom. The fourth-order valence-corrected chi connectivity index (χ4v) is 13.5. The van der Waals surface area contributed by atoms with Crippen molar-refractivity contribution in [3.63, 3.8) is 0 Å². The van der Waals surface area contributed by atoms with Gasteiger partial charge in [0.2, 0.25) is 0 Å². The van der Waals surface area contributed by atoms with E-state index in [0.29, 0.717) is 25.3 Å². The number of rotatable bonds is 16. The van der Waals surface area contributed by atoms with Gasteiger partial charge >= 0.3 is 0 Å². The van der Waals surface area contributed by atoms with Crippen molar-refractivity contribution in [1.82, 2.24) is 9.97 Å². The van der Waals surface area contributed by atoms with E-state index in [1.165, 1.54) is 109 Å². The van der Waals surface area contributed by atoms with Gasteiger partial charge < -0.3 is 18.4 Å². The molecule has 0 spiro atoms. The van der Waals surface area contributed by atoms with Crippen molar-refractivity contribution in [3.8, 4) is 0 Å². The average Bonchev–Trinajstić information content (AvgIpc) is 3.32. The predicted molar refractivity (Wildman–Crippen MR) is 253 cm³/mol. The van der Waals surface area contributed by atoms with Gasteiger partial charge in [-0.25, -0.2) is 0 Å². The Labute approximate surface area is 369 Å². The number of aromatic nitrogens is 2. The van der Waals surface area contributed by atoms with Crippen LogP contribution in [0.3, 0.4) is 0 Å². The van der Waals surface area contributed by atoms with Gasteiger partial charge in [0.25, 0.3) is 0 Å². The first kappa shape index (κ1) is 41.3. The third-order valence-corrected chi connectivity index (χ3v) is 16.4. The molecule has 320 valence electrons. The highest BCUT2D eigenvalue weighted by Crippen LogP contribution is 2.51. The van der Waals surface area contributed by atoms with Crippen LogP contribution in [0.1, 0.15) is 86.8 Å². The van der Waals surface area contributed by atoms with Gasteiger partial charge in [-0.05, 0) is 83.0 Å². The standard InChI is InChI=1S/C56H66N4O2/c1-5-29-61-55(49-21-25-57-51-15-11-9-13-47(49)51)53-33-44-23-27-59(53,37-41(44)7-3)35-39-17-19-43-20-18-40(32-46(43)31-39)36-60-28-24-45(42(8-4)38-60)34-54(60)56(62-30-6-2)50-22-26-58-52-16-12-10-14-48(50)52/h5-6,9-22,25-26,31-32,41-42,44-45,53-56H,1-2,7-8,23-24,27-30,33-38H2,3-4H3/q+2/t41-,42-,44-,45-,53+,54+,55-,56-,59+,60+/m0/s1. The number of hydrogen-bond donors (Lipinski definition) is 0. The molecule has 0 saturated carbocycles. The molecule has 0 unspecified atom stereocenters. The molecule has 0 radical (unpaired) electrons. The summed E-state index contributed by atoms with van der Waals surface area (Å²) < 4.78 is 16.0. The van der Waals surface area contributed by atoms with Gasteiger partial charge in [-0.2, -0.15) is 0 Å². The van der Waals surface area contributed by atoms with Crippen LogP contribution in [-0.4, -0.2) is 70.4 Å². The van der Waals surface area contributed by atoms with E-state index < -0.39 is 0 Å². The van der Waals surface area contributed by atoms with E-state index in [1.54, 1.807) is 0 Å². The zero-order valence-corrected chi connectivity index (χ0v) is 37.1. The molecule has 6 fully saturated rings. The van der Waals surface area contributed by atoms with Crippen molar-refractivity contribution in [3.05, 3.63) is 157 Å². The molecule has 0 aliphatic carbocycles. The Kier molecular flexibility index (Phi) is 11.6. The summed E-state index contributed by atoms with van der Waals surface area (Å²) in [6.45, 7) is 20.9. The SMILES string of the molecule is C=CCO[C@@H](c1ccnc2ccccc12)[C@H]1C[C@@H]2CC[N@@+]1(Cc1ccc3ccc(C[N@@+]45CC[C@@H](C[C@@H]4[C@@H](OCC=C)c4ccnc6ccccc46)[C@@H](CC)C5)cc3c1)C[C@@H]2CC. The molecule has 62 heavy (non-hydrogen) atoms. The van der Waals surface area contributed by atoms with Crippen LogP contribution in [0.2, 0.25) is 0 Å². The van der Waals surface area contributed by atoms with Crippen LogP contribution >= 0.6 is 0 Å². The van der Waals surface area contributed by atoms with Crippen LogP contribution in [0.4, 0.5) is 0 Å². The van der Waals surface area contributed by atoms with Gasteiger partial charge in [0, 0.05) is 71.8 Å². The van der Waals surface area contributed by atoms with E-state index in [9.17, 15) is 0 Å². The van der Waals surface area contributed by atoms with E-state index in [-0.39, 0.29) is 12.2 Å². The molecule has 6 aliphatic rings. The minimum Gasteiger partial charge on any atom is -0.363 e. The normalized spacial score (nSPS) is 28.9. The van der Waals surface area contributed by atoms with Gasteiger partial charge in [0.15, 0.2) is 0 Å². The minimum absolute atomic E-state index is 0.0273. The van der Waals surface area contributed by atoms with Crippen molar-refractivity contribution >= 4 is 32.6 Å². The highest BCUT2D eigenvalue weighted by molar-refractivity contribution is 5.84. The first-order valence-corrected chi connectivity index (χ1v) is 23.8. The zero-order valence-electron chi connectivity index (χ0n) is 37.1. The molecule has 6 heteroatoms. The van der Waals surface area contributed by atoms with E-state index in [0.717, 1.165) is 56.8 Å². The molecule has 6 aliphatic heterocycles. The van der Waals surface area contributed by atoms with Crippen molar-refractivity contribution in [2.45, 2.75) is 89.8 Å². The molecule has 4 aromatic carbocycles. The predicted octanol–water partition coefficient (Wildman–Crippen LogP) is 12.1. The van der Waals surface area contributed by atoms with Gasteiger partial charge in [0.05, 0.1) is 50.4 Å². The third-order valence-electron chi connectivity index (χ3n) is 16.4. The maximum absolute atomic E-state index is 6.92. The molecule has 2 aromatic heterocycles. The van der Waals surface area contributed by atoms with Gasteiger partial charge in [0.1, 0.15) is 37.4 Å². The van der Waals surface area contributed by atoms with Crippen LogP contribution in [0.25, 0.3) is 32.6 Å². The lowest BCUT2D eigenvalue weighted by molar-refractivity contribution is -0.986. The summed E-state index contributed by atoms with van der Waals surface area (Å²) in [7, 11) is 0. The molecule has 0 amide bonds. The first-order valence-electron chi connectivity index (χ1n) is 23.8. The van der Waals surface area contributed by atoms with Crippen LogP contribution < -0.4 is 0 Å². The number of para-hydroxylation sites is 2. The van der Waals surface area contributed by atoms with E-state index in [1.807, 2.05) is 24.5 Å². The average molecular weight is 827 g/mol. The molecular formula is C56H66N4O2+2. The Morgan fingerprint density at radius 2 is 1.08 bits per heavy atom. The Balaban J connectivity index is 0.995. The number of piperidine rings is 6. The van der Waals surface area contributed by atoms with Gasteiger partial charge in [-0.15, -0.1) is 13.2 Å². The highest BCUT2D eigenvalue weighted by Gasteiger charge is 2.56. The second-order valence-corrected chi connectivity index (χ2v) is 19.5. The molecular weight excluding hydrogens is 761 g/mol. The molecule has 6 aromatic rings. The number of hydrogen-bond acceptors (Lipinski definition) is 4. The number of benzene rings is 4. The Hall–Kier alpha value is -4.72. The molecule has 6 saturated heterocycles. The summed E-state index contributed by atoms with van der Waals surface area (Å²) >= 11 is 0. The lowest BCUT2D eigenvalue weighted by Gasteiger charge is -2.59. The summed E-state index contributed by atoms with van der Waals surface area (Å²) in [5.41, 5.74) is 7.51. The van der Waals surface area contributed by atoms with Crippen molar-refractivity contribution < 1.29 is 18.4 Å². The largest absolute Gasteiger partial charge is 0.363 e. The number of pyridine rings is 2. The van der Waals surface area contributed by atoms with Crippen molar-refractivity contribution in [2.75, 3.05) is 39.4 Å². The van der Waals surface area contributed by atoms with Crippen LogP contribution in [0, 0.1) is 23.7 Å². The maximum Gasteiger partial charge on any atom is 0.135 e. The Bertz CT molecular complexity index is 2390. The quantitative estimate of drug-likeness (QED) is 0.0720. The number of ether oxygens (including phenoxy) is 2. The second kappa shape index (κ2) is 17.4. The smallest absolute Gasteiger partial charge is 0.135 e. The summed E-state index contributed by atoms with van der Waals surface area (Å²) in [4.78, 5) is 9.51. The van der Waals surface area contributed by atoms with Crippen LogP contribution in [-0.2, 0) is 22.6 Å². The molecule has 10 atom stereocenters. The third kappa shape index (κ3) is 7.51. The number of quaternary nitrogens is 2. The van der Waals surface area contributed by atoms with Crippen molar-refractivity contribution in [1.29, 1.82) is 0 Å². The van der Waals surface area contributed by atoms with E-state index in [2.05, 4.69) is 124 Å². The minimum atomic E-state index is -0.0273. The number of fused-ring (bicyclic) bond motifs is 9. The first-order chi connectivity index (χ1) is 30.4. The highest BCUT2D eigenvalue weighted by atomic mass is 16.5. The molecule has 6 nitrogen and oxygen atoms in total.